The monoisotopic (exact) mass is 181 g/mol. The van der Waals surface area contributed by atoms with Crippen molar-refractivity contribution in [1.82, 2.24) is 20.3 Å². The van der Waals surface area contributed by atoms with Crippen molar-refractivity contribution in [2.75, 3.05) is 6.54 Å². The van der Waals surface area contributed by atoms with E-state index in [0.717, 1.165) is 25.9 Å². The number of hydrogen-bond donors (Lipinski definition) is 2. The van der Waals surface area contributed by atoms with E-state index < -0.39 is 0 Å². The highest BCUT2D eigenvalue weighted by Gasteiger charge is 2.24. The summed E-state index contributed by atoms with van der Waals surface area (Å²) in [5.41, 5.74) is 5.67. The highest BCUT2D eigenvalue weighted by atomic mass is 15.4. The molecule has 0 aromatic carbocycles. The van der Waals surface area contributed by atoms with E-state index >= 15 is 0 Å². The first-order valence-electron chi connectivity index (χ1n) is 4.67. The molecule has 0 atom stereocenters. The summed E-state index contributed by atoms with van der Waals surface area (Å²) in [6.07, 6.45) is 5.78. The average Bonchev–Trinajstić information content (AvgIpc) is 2.53. The summed E-state index contributed by atoms with van der Waals surface area (Å²) < 4.78 is 1.82. The van der Waals surface area contributed by atoms with E-state index in [1.807, 2.05) is 10.9 Å². The Bertz CT molecular complexity index is 239. The molecule has 0 amide bonds. The van der Waals surface area contributed by atoms with Crippen molar-refractivity contribution < 1.29 is 0 Å². The molecule has 1 heterocycles. The topological polar surface area (TPSA) is 68.8 Å². The number of rotatable bonds is 4. The van der Waals surface area contributed by atoms with Gasteiger partial charge in [0.25, 0.3) is 0 Å². The lowest BCUT2D eigenvalue weighted by Crippen LogP contribution is -2.49. The zero-order valence-electron chi connectivity index (χ0n) is 7.56. The van der Waals surface area contributed by atoms with Gasteiger partial charge in [0, 0.05) is 24.8 Å². The minimum Gasteiger partial charge on any atom is -0.328 e. The van der Waals surface area contributed by atoms with Gasteiger partial charge in [0.1, 0.15) is 0 Å². The summed E-state index contributed by atoms with van der Waals surface area (Å²) in [5, 5.41) is 11.0. The fraction of sp³-hybridized carbons (Fsp3) is 0.750. The van der Waals surface area contributed by atoms with Crippen LogP contribution in [-0.2, 0) is 6.54 Å². The molecule has 1 aliphatic carbocycles. The van der Waals surface area contributed by atoms with Crippen molar-refractivity contribution in [3.8, 4) is 0 Å². The lowest BCUT2D eigenvalue weighted by molar-refractivity contribution is 0.287. The van der Waals surface area contributed by atoms with Gasteiger partial charge in [0.05, 0.1) is 12.7 Å². The smallest absolute Gasteiger partial charge is 0.0692 e. The van der Waals surface area contributed by atoms with E-state index in [1.54, 1.807) is 6.20 Å². The molecule has 0 bridgehead atoms. The number of nitrogens with zero attached hydrogens (tertiary/aromatic N) is 3. The van der Waals surface area contributed by atoms with Gasteiger partial charge in [-0.1, -0.05) is 5.21 Å². The van der Waals surface area contributed by atoms with Crippen molar-refractivity contribution in [2.45, 2.75) is 31.5 Å². The van der Waals surface area contributed by atoms with Crippen molar-refractivity contribution in [2.24, 2.45) is 5.73 Å². The molecular formula is C8H15N5. The fourth-order valence-electron chi connectivity index (χ4n) is 1.56. The van der Waals surface area contributed by atoms with E-state index in [9.17, 15) is 0 Å². The van der Waals surface area contributed by atoms with E-state index in [2.05, 4.69) is 15.6 Å². The summed E-state index contributed by atoms with van der Waals surface area (Å²) in [4.78, 5) is 0. The first-order valence-corrected chi connectivity index (χ1v) is 4.67. The Morgan fingerprint density at radius 2 is 2.38 bits per heavy atom. The summed E-state index contributed by atoms with van der Waals surface area (Å²) in [6.45, 7) is 1.83. The first-order chi connectivity index (χ1) is 6.34. The highest BCUT2D eigenvalue weighted by molar-refractivity contribution is 4.87. The lowest BCUT2D eigenvalue weighted by Gasteiger charge is -2.33. The van der Waals surface area contributed by atoms with Crippen LogP contribution in [-0.4, -0.2) is 33.6 Å². The largest absolute Gasteiger partial charge is 0.328 e. The van der Waals surface area contributed by atoms with Crippen LogP contribution in [0.2, 0.25) is 0 Å². The van der Waals surface area contributed by atoms with Crippen LogP contribution in [0.1, 0.15) is 12.8 Å². The number of nitrogens with two attached hydrogens (primary N) is 1. The van der Waals surface area contributed by atoms with Crippen molar-refractivity contribution in [1.29, 1.82) is 0 Å². The third kappa shape index (κ3) is 2.26. The van der Waals surface area contributed by atoms with Gasteiger partial charge in [-0.15, -0.1) is 5.10 Å². The van der Waals surface area contributed by atoms with E-state index in [1.165, 1.54) is 0 Å². The quantitative estimate of drug-likeness (QED) is 0.648. The Balaban J connectivity index is 1.59. The maximum absolute atomic E-state index is 5.67. The number of nitrogens with one attached hydrogen (secondary N) is 1. The van der Waals surface area contributed by atoms with Crippen LogP contribution in [0.15, 0.2) is 12.4 Å². The summed E-state index contributed by atoms with van der Waals surface area (Å²) in [5.74, 6) is 0. The summed E-state index contributed by atoms with van der Waals surface area (Å²) in [7, 11) is 0. The SMILES string of the molecule is NC1CC(NCCn2ccnn2)C1. The van der Waals surface area contributed by atoms with Crippen LogP contribution in [0, 0.1) is 0 Å². The lowest BCUT2D eigenvalue weighted by atomic mass is 9.88. The van der Waals surface area contributed by atoms with Crippen molar-refractivity contribution in [3.05, 3.63) is 12.4 Å². The average molecular weight is 181 g/mol. The molecule has 1 saturated carbocycles. The number of aromatic nitrogens is 3. The third-order valence-electron chi connectivity index (χ3n) is 2.42. The normalized spacial score (nSPS) is 27.2. The zero-order valence-corrected chi connectivity index (χ0v) is 7.56. The summed E-state index contributed by atoms with van der Waals surface area (Å²) >= 11 is 0. The van der Waals surface area contributed by atoms with Crippen LogP contribution in [0.4, 0.5) is 0 Å². The Hall–Kier alpha value is -0.940. The standard InChI is InChI=1S/C8H15N5/c9-7-5-8(6-7)10-1-3-13-4-2-11-12-13/h2,4,7-8,10H,1,3,5-6,9H2. The fourth-order valence-corrected chi connectivity index (χ4v) is 1.56. The minimum absolute atomic E-state index is 0.420. The van der Waals surface area contributed by atoms with Gasteiger partial charge in [-0.05, 0) is 12.8 Å². The Morgan fingerprint density at radius 1 is 1.54 bits per heavy atom. The van der Waals surface area contributed by atoms with E-state index in [0.29, 0.717) is 12.1 Å². The molecule has 13 heavy (non-hydrogen) atoms. The molecular weight excluding hydrogens is 166 g/mol. The second-order valence-corrected chi connectivity index (χ2v) is 3.55. The van der Waals surface area contributed by atoms with E-state index in [-0.39, 0.29) is 0 Å². The van der Waals surface area contributed by atoms with E-state index in [4.69, 9.17) is 5.73 Å². The Labute approximate surface area is 77.3 Å². The molecule has 5 heteroatoms. The second kappa shape index (κ2) is 3.85. The molecule has 2 rings (SSSR count). The molecule has 0 unspecified atom stereocenters. The molecule has 0 spiro atoms. The number of hydrogen-bond acceptors (Lipinski definition) is 4. The second-order valence-electron chi connectivity index (χ2n) is 3.55. The molecule has 0 radical (unpaired) electrons. The van der Waals surface area contributed by atoms with Gasteiger partial charge >= 0.3 is 0 Å². The molecule has 1 aromatic rings. The van der Waals surface area contributed by atoms with Crippen LogP contribution < -0.4 is 11.1 Å². The molecule has 1 fully saturated rings. The van der Waals surface area contributed by atoms with Crippen molar-refractivity contribution >= 4 is 0 Å². The third-order valence-corrected chi connectivity index (χ3v) is 2.42. The Kier molecular flexibility index (Phi) is 2.56. The maximum Gasteiger partial charge on any atom is 0.0692 e. The zero-order chi connectivity index (χ0) is 9.10. The minimum atomic E-state index is 0.420. The van der Waals surface area contributed by atoms with Crippen LogP contribution in [0.25, 0.3) is 0 Å². The van der Waals surface area contributed by atoms with Gasteiger partial charge in [-0.25, -0.2) is 0 Å². The van der Waals surface area contributed by atoms with Gasteiger partial charge in [0.15, 0.2) is 0 Å². The van der Waals surface area contributed by atoms with Gasteiger partial charge in [-0.2, -0.15) is 0 Å². The summed E-state index contributed by atoms with van der Waals surface area (Å²) in [6, 6.07) is 1.04. The molecule has 5 nitrogen and oxygen atoms in total. The van der Waals surface area contributed by atoms with Crippen molar-refractivity contribution in [3.63, 3.8) is 0 Å². The molecule has 72 valence electrons. The predicted molar refractivity (Wildman–Crippen MR) is 49.0 cm³/mol. The predicted octanol–water partition coefficient (Wildman–Crippen LogP) is -0.643. The molecule has 0 saturated heterocycles. The highest BCUT2D eigenvalue weighted by Crippen LogP contribution is 2.16. The molecule has 0 aliphatic heterocycles. The van der Waals surface area contributed by atoms with Gasteiger partial charge < -0.3 is 11.1 Å². The molecule has 1 aromatic heterocycles. The Morgan fingerprint density at radius 3 is 3.00 bits per heavy atom. The molecule has 3 N–H and O–H groups in total. The maximum atomic E-state index is 5.67. The van der Waals surface area contributed by atoms with Crippen LogP contribution >= 0.6 is 0 Å². The van der Waals surface area contributed by atoms with Crippen LogP contribution in [0.3, 0.4) is 0 Å². The van der Waals surface area contributed by atoms with Gasteiger partial charge in [0.2, 0.25) is 0 Å². The van der Waals surface area contributed by atoms with Crippen LogP contribution in [0.5, 0.6) is 0 Å². The first kappa shape index (κ1) is 8.65. The molecule has 1 aliphatic rings. The van der Waals surface area contributed by atoms with Gasteiger partial charge in [-0.3, -0.25) is 4.68 Å².